The van der Waals surface area contributed by atoms with Gasteiger partial charge in [-0.05, 0) is 19.1 Å². The van der Waals surface area contributed by atoms with Gasteiger partial charge in [0.2, 0.25) is 0 Å². The molecule has 0 aliphatic carbocycles. The summed E-state index contributed by atoms with van der Waals surface area (Å²) >= 11 is 7.56. The van der Waals surface area contributed by atoms with Gasteiger partial charge in [0.1, 0.15) is 0 Å². The summed E-state index contributed by atoms with van der Waals surface area (Å²) in [6, 6.07) is 7.62. The van der Waals surface area contributed by atoms with Crippen LogP contribution in [-0.2, 0) is 9.53 Å². The zero-order valence-electron chi connectivity index (χ0n) is 8.98. The molecule has 0 aromatic heterocycles. The normalized spacial score (nSPS) is 10.6. The monoisotopic (exact) mass is 256 g/mol. The predicted octanol–water partition coefficient (Wildman–Crippen LogP) is 3.55. The Balaban J connectivity index is 2.36. The first-order valence-electron chi connectivity index (χ1n) is 4.94. The maximum absolute atomic E-state index is 11.0. The van der Waals surface area contributed by atoms with Gasteiger partial charge < -0.3 is 4.74 Å². The molecule has 0 heterocycles. The Bertz CT molecular complexity index is 377. The van der Waals surface area contributed by atoms with Crippen LogP contribution < -0.4 is 0 Å². The van der Waals surface area contributed by atoms with Crippen molar-refractivity contribution in [2.45, 2.75) is 11.8 Å². The van der Waals surface area contributed by atoms with Crippen molar-refractivity contribution in [1.29, 1.82) is 0 Å². The first-order valence-corrected chi connectivity index (χ1v) is 6.31. The Morgan fingerprint density at radius 2 is 2.25 bits per heavy atom. The number of halogens is 1. The van der Waals surface area contributed by atoms with Crippen LogP contribution in [0, 0.1) is 0 Å². The van der Waals surface area contributed by atoms with Gasteiger partial charge in [-0.1, -0.05) is 29.8 Å². The summed E-state index contributed by atoms with van der Waals surface area (Å²) in [7, 11) is 0. The van der Waals surface area contributed by atoms with Gasteiger partial charge in [-0.25, -0.2) is 4.79 Å². The lowest BCUT2D eigenvalue weighted by atomic mass is 10.4. The van der Waals surface area contributed by atoms with E-state index in [1.165, 1.54) is 6.08 Å². The lowest BCUT2D eigenvalue weighted by Crippen LogP contribution is -1.98. The van der Waals surface area contributed by atoms with E-state index >= 15 is 0 Å². The summed E-state index contributed by atoms with van der Waals surface area (Å²) < 4.78 is 4.76. The standard InChI is InChI=1S/C12H13ClO2S/c1-2-15-12(14)8-5-9-16-11-7-4-3-6-10(11)13/h3-8H,2,9H2,1H3/b8-5+. The number of thioether (sulfide) groups is 1. The van der Waals surface area contributed by atoms with Crippen molar-refractivity contribution in [1.82, 2.24) is 0 Å². The molecule has 16 heavy (non-hydrogen) atoms. The second kappa shape index (κ2) is 7.36. The first-order chi connectivity index (χ1) is 7.74. The van der Waals surface area contributed by atoms with Crippen molar-refractivity contribution < 1.29 is 9.53 Å². The molecular formula is C12H13ClO2S. The summed E-state index contributed by atoms with van der Waals surface area (Å²) in [4.78, 5) is 12.0. The van der Waals surface area contributed by atoms with E-state index in [1.54, 1.807) is 24.8 Å². The fraction of sp³-hybridized carbons (Fsp3) is 0.250. The zero-order valence-corrected chi connectivity index (χ0v) is 10.6. The second-order valence-corrected chi connectivity index (χ2v) is 4.36. The molecule has 1 rings (SSSR count). The predicted molar refractivity (Wildman–Crippen MR) is 67.9 cm³/mol. The van der Waals surface area contributed by atoms with Gasteiger partial charge in [0.15, 0.2) is 0 Å². The van der Waals surface area contributed by atoms with E-state index in [1.807, 2.05) is 24.3 Å². The second-order valence-electron chi connectivity index (χ2n) is 2.90. The van der Waals surface area contributed by atoms with Gasteiger partial charge >= 0.3 is 5.97 Å². The molecule has 0 aliphatic heterocycles. The van der Waals surface area contributed by atoms with Crippen LogP contribution in [0.3, 0.4) is 0 Å². The van der Waals surface area contributed by atoms with E-state index in [4.69, 9.17) is 16.3 Å². The summed E-state index contributed by atoms with van der Waals surface area (Å²) in [6.07, 6.45) is 3.21. The maximum atomic E-state index is 11.0. The highest BCUT2D eigenvalue weighted by Gasteiger charge is 1.98. The van der Waals surface area contributed by atoms with E-state index in [0.29, 0.717) is 12.4 Å². The number of rotatable bonds is 5. The molecule has 0 aliphatic rings. The van der Waals surface area contributed by atoms with Crippen molar-refractivity contribution in [2.24, 2.45) is 0 Å². The smallest absolute Gasteiger partial charge is 0.330 e. The van der Waals surface area contributed by atoms with Crippen LogP contribution in [0.4, 0.5) is 0 Å². The van der Waals surface area contributed by atoms with Crippen molar-refractivity contribution in [3.8, 4) is 0 Å². The minimum atomic E-state index is -0.303. The molecule has 1 aromatic carbocycles. The number of carbonyl (C=O) groups is 1. The maximum Gasteiger partial charge on any atom is 0.330 e. The third kappa shape index (κ3) is 4.73. The van der Waals surface area contributed by atoms with Crippen LogP contribution >= 0.6 is 23.4 Å². The van der Waals surface area contributed by atoms with Gasteiger partial charge in [0, 0.05) is 16.7 Å². The Kier molecular flexibility index (Phi) is 6.04. The van der Waals surface area contributed by atoms with Gasteiger partial charge in [0.05, 0.1) is 11.6 Å². The summed E-state index contributed by atoms with van der Waals surface area (Å²) in [5.74, 6) is 0.394. The van der Waals surface area contributed by atoms with Crippen molar-refractivity contribution in [3.05, 3.63) is 41.4 Å². The zero-order chi connectivity index (χ0) is 11.8. The average molecular weight is 257 g/mol. The highest BCUT2D eigenvalue weighted by molar-refractivity contribution is 7.99. The number of benzene rings is 1. The molecule has 0 saturated heterocycles. The van der Waals surface area contributed by atoms with Gasteiger partial charge in [-0.15, -0.1) is 11.8 Å². The molecule has 2 nitrogen and oxygen atoms in total. The molecule has 0 amide bonds. The fourth-order valence-corrected chi connectivity index (χ4v) is 2.09. The Morgan fingerprint density at radius 1 is 1.50 bits per heavy atom. The summed E-state index contributed by atoms with van der Waals surface area (Å²) in [6.45, 7) is 2.19. The minimum absolute atomic E-state index is 0.303. The molecule has 0 bridgehead atoms. The Labute approximate surface area is 105 Å². The van der Waals surface area contributed by atoms with E-state index < -0.39 is 0 Å². The lowest BCUT2D eigenvalue weighted by Gasteiger charge is -2.00. The number of hydrogen-bond acceptors (Lipinski definition) is 3. The molecule has 0 spiro atoms. The molecule has 0 radical (unpaired) electrons. The van der Waals surface area contributed by atoms with E-state index in [-0.39, 0.29) is 5.97 Å². The van der Waals surface area contributed by atoms with Crippen molar-refractivity contribution in [2.75, 3.05) is 12.4 Å². The highest BCUT2D eigenvalue weighted by atomic mass is 35.5. The topological polar surface area (TPSA) is 26.3 Å². The van der Waals surface area contributed by atoms with Gasteiger partial charge in [-0.3, -0.25) is 0 Å². The molecule has 1 aromatic rings. The van der Waals surface area contributed by atoms with Crippen LogP contribution in [0.25, 0.3) is 0 Å². The molecule has 0 saturated carbocycles. The summed E-state index contributed by atoms with van der Waals surface area (Å²) in [5.41, 5.74) is 0. The van der Waals surface area contributed by atoms with E-state index in [2.05, 4.69) is 0 Å². The van der Waals surface area contributed by atoms with E-state index in [9.17, 15) is 4.79 Å². The van der Waals surface area contributed by atoms with Crippen molar-refractivity contribution in [3.63, 3.8) is 0 Å². The molecule has 0 atom stereocenters. The number of esters is 1. The third-order valence-electron chi connectivity index (χ3n) is 1.71. The Morgan fingerprint density at radius 3 is 2.94 bits per heavy atom. The summed E-state index contributed by atoms with van der Waals surface area (Å²) in [5, 5.41) is 0.733. The number of ether oxygens (including phenoxy) is 1. The number of carbonyl (C=O) groups excluding carboxylic acids is 1. The SMILES string of the molecule is CCOC(=O)/C=C/CSc1ccccc1Cl. The molecule has 0 unspecified atom stereocenters. The van der Waals surface area contributed by atoms with Crippen LogP contribution in [0.15, 0.2) is 41.3 Å². The van der Waals surface area contributed by atoms with Crippen LogP contribution in [-0.4, -0.2) is 18.3 Å². The largest absolute Gasteiger partial charge is 0.463 e. The van der Waals surface area contributed by atoms with Crippen LogP contribution in [0.1, 0.15) is 6.92 Å². The lowest BCUT2D eigenvalue weighted by molar-refractivity contribution is -0.137. The quantitative estimate of drug-likeness (QED) is 0.458. The highest BCUT2D eigenvalue weighted by Crippen LogP contribution is 2.26. The van der Waals surface area contributed by atoms with E-state index in [0.717, 1.165) is 9.92 Å². The fourth-order valence-electron chi connectivity index (χ4n) is 1.03. The number of hydrogen-bond donors (Lipinski definition) is 0. The Hall–Kier alpha value is -0.930. The molecule has 0 N–H and O–H groups in total. The molecule has 86 valence electrons. The minimum Gasteiger partial charge on any atom is -0.463 e. The average Bonchev–Trinajstić information content (AvgIpc) is 2.27. The third-order valence-corrected chi connectivity index (χ3v) is 3.18. The van der Waals surface area contributed by atoms with Crippen LogP contribution in [0.5, 0.6) is 0 Å². The van der Waals surface area contributed by atoms with Crippen molar-refractivity contribution >= 4 is 29.3 Å². The molecule has 0 fully saturated rings. The first kappa shape index (κ1) is 13.1. The van der Waals surface area contributed by atoms with Crippen LogP contribution in [0.2, 0.25) is 5.02 Å². The van der Waals surface area contributed by atoms with Gasteiger partial charge in [0.25, 0.3) is 0 Å². The van der Waals surface area contributed by atoms with Gasteiger partial charge in [-0.2, -0.15) is 0 Å². The molecule has 4 heteroatoms. The molecular weight excluding hydrogens is 244 g/mol.